The van der Waals surface area contributed by atoms with Crippen molar-refractivity contribution in [1.82, 2.24) is 0 Å². The lowest BCUT2D eigenvalue weighted by molar-refractivity contribution is 0.453. The fourth-order valence-electron chi connectivity index (χ4n) is 1.55. The zero-order valence-electron chi connectivity index (χ0n) is 9.24. The van der Waals surface area contributed by atoms with E-state index in [1.54, 1.807) is 0 Å². The van der Waals surface area contributed by atoms with Crippen LogP contribution in [0.5, 0.6) is 0 Å². The Kier molecular flexibility index (Phi) is 4.68. The normalized spacial score (nSPS) is 10.9. The molecule has 0 saturated carbocycles. The number of benzene rings is 1. The van der Waals surface area contributed by atoms with Crippen molar-refractivity contribution in [3.8, 4) is 0 Å². The fraction of sp³-hybridized carbons (Fsp3) is 0.455. The van der Waals surface area contributed by atoms with Gasteiger partial charge in [-0.15, -0.1) is 11.8 Å². The summed E-state index contributed by atoms with van der Waals surface area (Å²) in [5.41, 5.74) is 5.57. The van der Waals surface area contributed by atoms with E-state index in [-0.39, 0.29) is 22.4 Å². The summed E-state index contributed by atoms with van der Waals surface area (Å²) in [5, 5.41) is 0. The molecule has 0 aliphatic carbocycles. The van der Waals surface area contributed by atoms with Gasteiger partial charge in [0.15, 0.2) is 11.6 Å². The van der Waals surface area contributed by atoms with Crippen molar-refractivity contribution in [2.45, 2.75) is 24.7 Å². The van der Waals surface area contributed by atoms with Crippen LogP contribution in [0.3, 0.4) is 0 Å². The molecule has 0 saturated heterocycles. The first-order valence-corrected chi connectivity index (χ1v) is 6.17. The SMILES string of the molecule is CSc1c(F)c(C)c(CCCN)c(F)c1F. The topological polar surface area (TPSA) is 26.0 Å². The summed E-state index contributed by atoms with van der Waals surface area (Å²) in [6, 6.07) is 0. The first-order valence-electron chi connectivity index (χ1n) is 4.94. The Hall–Kier alpha value is -0.680. The summed E-state index contributed by atoms with van der Waals surface area (Å²) in [6.45, 7) is 1.83. The minimum Gasteiger partial charge on any atom is -0.330 e. The summed E-state index contributed by atoms with van der Waals surface area (Å²) >= 11 is 0.868. The highest BCUT2D eigenvalue weighted by Crippen LogP contribution is 2.31. The number of rotatable bonds is 4. The Labute approximate surface area is 97.2 Å². The predicted molar refractivity (Wildman–Crippen MR) is 60.2 cm³/mol. The van der Waals surface area contributed by atoms with E-state index in [0.29, 0.717) is 13.0 Å². The van der Waals surface area contributed by atoms with Gasteiger partial charge in [0.1, 0.15) is 5.82 Å². The number of thioether (sulfide) groups is 1. The van der Waals surface area contributed by atoms with Gasteiger partial charge in [0.05, 0.1) is 4.90 Å². The molecule has 1 rings (SSSR count). The number of halogens is 3. The van der Waals surface area contributed by atoms with Crippen LogP contribution in [0.2, 0.25) is 0 Å². The zero-order valence-corrected chi connectivity index (χ0v) is 10.1. The molecule has 0 aromatic heterocycles. The Morgan fingerprint density at radius 2 is 1.75 bits per heavy atom. The number of hydrogen-bond acceptors (Lipinski definition) is 2. The minimum atomic E-state index is -1.09. The maximum Gasteiger partial charge on any atom is 0.175 e. The van der Waals surface area contributed by atoms with Gasteiger partial charge in [0.25, 0.3) is 0 Å². The first kappa shape index (κ1) is 13.4. The monoisotopic (exact) mass is 249 g/mol. The highest BCUT2D eigenvalue weighted by atomic mass is 32.2. The van der Waals surface area contributed by atoms with Crippen LogP contribution < -0.4 is 5.73 Å². The third kappa shape index (κ3) is 2.35. The molecular weight excluding hydrogens is 235 g/mol. The van der Waals surface area contributed by atoms with E-state index in [1.165, 1.54) is 13.2 Å². The van der Waals surface area contributed by atoms with Crippen LogP contribution >= 0.6 is 11.8 Å². The van der Waals surface area contributed by atoms with Crippen LogP contribution in [-0.2, 0) is 6.42 Å². The summed E-state index contributed by atoms with van der Waals surface area (Å²) in [5.74, 6) is -2.71. The molecule has 1 aromatic carbocycles. The quantitative estimate of drug-likeness (QED) is 0.655. The van der Waals surface area contributed by atoms with E-state index >= 15 is 0 Å². The lowest BCUT2D eigenvalue weighted by Crippen LogP contribution is -2.07. The van der Waals surface area contributed by atoms with E-state index in [4.69, 9.17) is 5.73 Å². The van der Waals surface area contributed by atoms with Crippen molar-refractivity contribution in [2.75, 3.05) is 12.8 Å². The second-order valence-electron chi connectivity index (χ2n) is 3.47. The van der Waals surface area contributed by atoms with Gasteiger partial charge in [0.2, 0.25) is 0 Å². The molecule has 0 aliphatic heterocycles. The van der Waals surface area contributed by atoms with Crippen molar-refractivity contribution >= 4 is 11.8 Å². The predicted octanol–water partition coefficient (Wildman–Crippen LogP) is 3.03. The Morgan fingerprint density at radius 1 is 1.12 bits per heavy atom. The van der Waals surface area contributed by atoms with Gasteiger partial charge in [-0.05, 0) is 43.7 Å². The average molecular weight is 249 g/mol. The van der Waals surface area contributed by atoms with E-state index in [9.17, 15) is 13.2 Å². The van der Waals surface area contributed by atoms with Crippen molar-refractivity contribution in [3.63, 3.8) is 0 Å². The molecular formula is C11H14F3NS. The third-order valence-electron chi connectivity index (χ3n) is 2.47. The van der Waals surface area contributed by atoms with Crippen LogP contribution in [0.4, 0.5) is 13.2 Å². The standard InChI is InChI=1S/C11H14F3NS/c1-6-7(4-3-5-15)9(13)10(14)11(16-2)8(6)12/h3-5,15H2,1-2H3. The second kappa shape index (κ2) is 5.59. The minimum absolute atomic E-state index is 0.0956. The van der Waals surface area contributed by atoms with Crippen molar-refractivity contribution in [2.24, 2.45) is 5.73 Å². The average Bonchev–Trinajstić information content (AvgIpc) is 2.27. The molecule has 0 fully saturated rings. The summed E-state index contributed by atoms with van der Waals surface area (Å²) in [7, 11) is 0. The van der Waals surface area contributed by atoms with Gasteiger partial charge >= 0.3 is 0 Å². The molecule has 0 aliphatic rings. The van der Waals surface area contributed by atoms with Crippen LogP contribution in [0.25, 0.3) is 0 Å². The lowest BCUT2D eigenvalue weighted by Gasteiger charge is -2.12. The van der Waals surface area contributed by atoms with Crippen LogP contribution in [-0.4, -0.2) is 12.8 Å². The molecule has 0 atom stereocenters. The van der Waals surface area contributed by atoms with E-state index in [2.05, 4.69) is 0 Å². The van der Waals surface area contributed by atoms with Gasteiger partial charge < -0.3 is 5.73 Å². The number of hydrogen-bond donors (Lipinski definition) is 1. The van der Waals surface area contributed by atoms with Gasteiger partial charge in [-0.1, -0.05) is 0 Å². The van der Waals surface area contributed by atoms with Crippen molar-refractivity contribution in [3.05, 3.63) is 28.6 Å². The lowest BCUT2D eigenvalue weighted by atomic mass is 10.0. The molecule has 5 heteroatoms. The second-order valence-corrected chi connectivity index (χ2v) is 4.29. The van der Waals surface area contributed by atoms with Gasteiger partial charge in [0, 0.05) is 0 Å². The number of nitrogens with two attached hydrogens (primary N) is 1. The molecule has 0 radical (unpaired) electrons. The highest BCUT2D eigenvalue weighted by Gasteiger charge is 2.21. The van der Waals surface area contributed by atoms with Crippen molar-refractivity contribution < 1.29 is 13.2 Å². The molecule has 0 unspecified atom stereocenters. The summed E-state index contributed by atoms with van der Waals surface area (Å²) < 4.78 is 40.8. The Morgan fingerprint density at radius 3 is 2.25 bits per heavy atom. The summed E-state index contributed by atoms with van der Waals surface area (Å²) in [6.07, 6.45) is 2.28. The van der Waals surface area contributed by atoms with E-state index in [0.717, 1.165) is 11.8 Å². The Balaban J connectivity index is 3.29. The molecule has 0 amide bonds. The summed E-state index contributed by atoms with van der Waals surface area (Å²) in [4.78, 5) is -0.258. The van der Waals surface area contributed by atoms with Gasteiger partial charge in [-0.2, -0.15) is 0 Å². The zero-order chi connectivity index (χ0) is 12.3. The maximum atomic E-state index is 13.7. The molecule has 90 valence electrons. The molecule has 0 bridgehead atoms. The van der Waals surface area contributed by atoms with Gasteiger partial charge in [-0.25, -0.2) is 13.2 Å². The maximum absolute atomic E-state index is 13.7. The van der Waals surface area contributed by atoms with Crippen LogP contribution in [0.15, 0.2) is 4.90 Å². The third-order valence-corrected chi connectivity index (χ3v) is 3.24. The van der Waals surface area contributed by atoms with E-state index < -0.39 is 17.5 Å². The molecule has 1 nitrogen and oxygen atoms in total. The molecule has 0 heterocycles. The van der Waals surface area contributed by atoms with Crippen LogP contribution in [0.1, 0.15) is 17.5 Å². The molecule has 1 aromatic rings. The smallest absolute Gasteiger partial charge is 0.175 e. The molecule has 0 spiro atoms. The highest BCUT2D eigenvalue weighted by molar-refractivity contribution is 7.98. The van der Waals surface area contributed by atoms with Crippen molar-refractivity contribution in [1.29, 1.82) is 0 Å². The fourth-order valence-corrected chi connectivity index (χ4v) is 2.15. The largest absolute Gasteiger partial charge is 0.330 e. The molecule has 16 heavy (non-hydrogen) atoms. The first-order chi connectivity index (χ1) is 7.54. The van der Waals surface area contributed by atoms with E-state index in [1.807, 2.05) is 0 Å². The molecule has 2 N–H and O–H groups in total. The van der Waals surface area contributed by atoms with Gasteiger partial charge in [-0.3, -0.25) is 0 Å². The van der Waals surface area contributed by atoms with Crippen LogP contribution in [0, 0.1) is 24.4 Å². The Bertz CT molecular complexity index is 364.